The fraction of sp³-hybridized carbons (Fsp3) is 0.474. The molecule has 0 bridgehead atoms. The summed E-state index contributed by atoms with van der Waals surface area (Å²) in [5.41, 5.74) is 2.44. The molecule has 0 aliphatic carbocycles. The van der Waals surface area contributed by atoms with E-state index in [0.29, 0.717) is 38.2 Å². The van der Waals surface area contributed by atoms with Gasteiger partial charge in [-0.2, -0.15) is 0 Å². The van der Waals surface area contributed by atoms with Gasteiger partial charge in [0.2, 0.25) is 5.91 Å². The number of anilines is 1. The number of piperidine rings is 1. The number of carbonyl (C=O) groups excluding carboxylic acids is 2. The van der Waals surface area contributed by atoms with Crippen molar-refractivity contribution in [2.75, 3.05) is 24.5 Å². The molecule has 2 amide bonds. The predicted octanol–water partition coefficient (Wildman–Crippen LogP) is 1.54. The Hall–Kier alpha value is -2.90. The van der Waals surface area contributed by atoms with Gasteiger partial charge in [0.05, 0.1) is 23.5 Å². The first-order chi connectivity index (χ1) is 13.0. The second kappa shape index (κ2) is 6.68. The molecule has 2 saturated heterocycles. The van der Waals surface area contributed by atoms with Crippen molar-refractivity contribution in [2.24, 2.45) is 5.41 Å². The Labute approximate surface area is 157 Å². The maximum absolute atomic E-state index is 13.1. The summed E-state index contributed by atoms with van der Waals surface area (Å²) in [7, 11) is 0. The molecule has 4 heterocycles. The minimum Gasteiger partial charge on any atom is -0.337 e. The first-order valence-electron chi connectivity index (χ1n) is 9.16. The number of likely N-dealkylation sites (tertiary alicyclic amines) is 1. The second-order valence-corrected chi connectivity index (χ2v) is 7.31. The Morgan fingerprint density at radius 2 is 1.67 bits per heavy atom. The van der Waals surface area contributed by atoms with Gasteiger partial charge in [0.15, 0.2) is 0 Å². The Kier molecular flexibility index (Phi) is 4.33. The van der Waals surface area contributed by atoms with Crippen molar-refractivity contribution in [1.82, 2.24) is 24.8 Å². The van der Waals surface area contributed by atoms with Gasteiger partial charge in [0, 0.05) is 30.9 Å². The summed E-state index contributed by atoms with van der Waals surface area (Å²) in [5.74, 6) is 0.0464. The lowest BCUT2D eigenvalue weighted by Gasteiger charge is -2.37. The summed E-state index contributed by atoms with van der Waals surface area (Å²) in [4.78, 5) is 45.9. The highest BCUT2D eigenvalue weighted by Crippen LogP contribution is 2.43. The van der Waals surface area contributed by atoms with Crippen LogP contribution in [0.4, 0.5) is 5.69 Å². The van der Waals surface area contributed by atoms with E-state index in [-0.39, 0.29) is 17.2 Å². The molecule has 0 unspecified atom stereocenters. The van der Waals surface area contributed by atoms with E-state index in [1.54, 1.807) is 17.3 Å². The van der Waals surface area contributed by atoms with Gasteiger partial charge in [-0.25, -0.2) is 19.9 Å². The summed E-state index contributed by atoms with van der Waals surface area (Å²) >= 11 is 0. The SMILES string of the molecule is Cc1ncnc(C(=O)N2CCC3(CC2)CCN(c2cncnc2)C3=O)c1C. The molecule has 8 nitrogen and oxygen atoms in total. The highest BCUT2D eigenvalue weighted by atomic mass is 16.2. The number of amides is 2. The van der Waals surface area contributed by atoms with Crippen LogP contribution in [0.5, 0.6) is 0 Å². The highest BCUT2D eigenvalue weighted by Gasteiger charge is 2.49. The van der Waals surface area contributed by atoms with Crippen molar-refractivity contribution in [2.45, 2.75) is 33.1 Å². The quantitative estimate of drug-likeness (QED) is 0.801. The zero-order chi connectivity index (χ0) is 19.0. The monoisotopic (exact) mass is 366 g/mol. The molecular formula is C19H22N6O2. The summed E-state index contributed by atoms with van der Waals surface area (Å²) in [6.45, 7) is 5.54. The average Bonchev–Trinajstić information content (AvgIpc) is 3.01. The minimum atomic E-state index is -0.386. The number of rotatable bonds is 2. The highest BCUT2D eigenvalue weighted by molar-refractivity contribution is 6.00. The summed E-state index contributed by atoms with van der Waals surface area (Å²) in [5, 5.41) is 0. The van der Waals surface area contributed by atoms with Gasteiger partial charge in [0.1, 0.15) is 18.3 Å². The molecule has 27 heavy (non-hydrogen) atoms. The molecule has 0 radical (unpaired) electrons. The third kappa shape index (κ3) is 2.94. The molecule has 0 saturated carbocycles. The lowest BCUT2D eigenvalue weighted by atomic mass is 9.77. The Morgan fingerprint density at radius 3 is 2.37 bits per heavy atom. The maximum atomic E-state index is 13.1. The minimum absolute atomic E-state index is 0.0772. The molecule has 140 valence electrons. The lowest BCUT2D eigenvalue weighted by molar-refractivity contribution is -0.127. The molecule has 2 fully saturated rings. The zero-order valence-electron chi connectivity index (χ0n) is 15.6. The zero-order valence-corrected chi connectivity index (χ0v) is 15.6. The van der Waals surface area contributed by atoms with Crippen molar-refractivity contribution < 1.29 is 9.59 Å². The van der Waals surface area contributed by atoms with Gasteiger partial charge in [-0.15, -0.1) is 0 Å². The van der Waals surface area contributed by atoms with Crippen molar-refractivity contribution >= 4 is 17.5 Å². The van der Waals surface area contributed by atoms with Crippen LogP contribution >= 0.6 is 0 Å². The first kappa shape index (κ1) is 17.5. The number of hydrogen-bond donors (Lipinski definition) is 0. The van der Waals surface area contributed by atoms with Gasteiger partial charge in [0.25, 0.3) is 5.91 Å². The van der Waals surface area contributed by atoms with Gasteiger partial charge >= 0.3 is 0 Å². The van der Waals surface area contributed by atoms with E-state index in [1.165, 1.54) is 12.7 Å². The topological polar surface area (TPSA) is 92.2 Å². The van der Waals surface area contributed by atoms with Gasteiger partial charge < -0.3 is 9.80 Å². The molecule has 0 N–H and O–H groups in total. The molecule has 8 heteroatoms. The van der Waals surface area contributed by atoms with E-state index in [1.807, 2.05) is 18.7 Å². The van der Waals surface area contributed by atoms with Crippen molar-refractivity contribution in [1.29, 1.82) is 0 Å². The predicted molar refractivity (Wildman–Crippen MR) is 98.1 cm³/mol. The fourth-order valence-electron chi connectivity index (χ4n) is 4.00. The van der Waals surface area contributed by atoms with E-state index < -0.39 is 0 Å². The Bertz CT molecular complexity index is 877. The average molecular weight is 366 g/mol. The van der Waals surface area contributed by atoms with E-state index in [9.17, 15) is 9.59 Å². The molecular weight excluding hydrogens is 344 g/mol. The molecule has 0 aromatic carbocycles. The summed E-state index contributed by atoms with van der Waals surface area (Å²) in [6, 6.07) is 0. The molecule has 4 rings (SSSR count). The van der Waals surface area contributed by atoms with E-state index in [0.717, 1.165) is 23.4 Å². The van der Waals surface area contributed by atoms with Gasteiger partial charge in [-0.1, -0.05) is 0 Å². The van der Waals surface area contributed by atoms with Crippen LogP contribution in [0.1, 0.15) is 41.0 Å². The van der Waals surface area contributed by atoms with E-state index >= 15 is 0 Å². The Balaban J connectivity index is 1.47. The van der Waals surface area contributed by atoms with Crippen LogP contribution in [0, 0.1) is 19.3 Å². The smallest absolute Gasteiger partial charge is 0.272 e. The number of nitrogens with zero attached hydrogens (tertiary/aromatic N) is 6. The number of aromatic nitrogens is 4. The fourth-order valence-corrected chi connectivity index (χ4v) is 4.00. The third-order valence-corrected chi connectivity index (χ3v) is 5.92. The maximum Gasteiger partial charge on any atom is 0.272 e. The van der Waals surface area contributed by atoms with Gasteiger partial charge in [-0.05, 0) is 33.1 Å². The molecule has 1 spiro atoms. The van der Waals surface area contributed by atoms with Crippen LogP contribution in [0.25, 0.3) is 0 Å². The second-order valence-electron chi connectivity index (χ2n) is 7.31. The first-order valence-corrected chi connectivity index (χ1v) is 9.16. The number of hydrogen-bond acceptors (Lipinski definition) is 6. The van der Waals surface area contributed by atoms with Crippen LogP contribution in [0.2, 0.25) is 0 Å². The molecule has 2 aliphatic heterocycles. The molecule has 2 aromatic rings. The Morgan fingerprint density at radius 1 is 1.00 bits per heavy atom. The van der Waals surface area contributed by atoms with Crippen molar-refractivity contribution in [3.63, 3.8) is 0 Å². The van der Waals surface area contributed by atoms with Crippen LogP contribution in [-0.4, -0.2) is 56.3 Å². The molecule has 0 atom stereocenters. The number of aryl methyl sites for hydroxylation is 1. The number of carbonyl (C=O) groups is 2. The van der Waals surface area contributed by atoms with Crippen LogP contribution in [0.15, 0.2) is 25.0 Å². The van der Waals surface area contributed by atoms with Crippen LogP contribution < -0.4 is 4.90 Å². The summed E-state index contributed by atoms with van der Waals surface area (Å²) in [6.07, 6.45) is 8.37. The van der Waals surface area contributed by atoms with Crippen molar-refractivity contribution in [3.05, 3.63) is 42.0 Å². The standard InChI is InChI=1S/C19H22N6O2/c1-13-14(2)22-12-23-16(13)17(26)24-6-3-19(4-7-24)5-8-25(18(19)27)15-9-20-11-21-10-15/h9-12H,3-8H2,1-2H3. The van der Waals surface area contributed by atoms with Crippen LogP contribution in [-0.2, 0) is 4.79 Å². The summed E-state index contributed by atoms with van der Waals surface area (Å²) < 4.78 is 0. The van der Waals surface area contributed by atoms with Crippen molar-refractivity contribution in [3.8, 4) is 0 Å². The van der Waals surface area contributed by atoms with E-state index in [4.69, 9.17) is 0 Å². The third-order valence-electron chi connectivity index (χ3n) is 5.92. The molecule has 2 aromatic heterocycles. The normalized spacial score (nSPS) is 19.0. The van der Waals surface area contributed by atoms with Crippen LogP contribution in [0.3, 0.4) is 0 Å². The molecule has 2 aliphatic rings. The van der Waals surface area contributed by atoms with E-state index in [2.05, 4.69) is 19.9 Å². The lowest BCUT2D eigenvalue weighted by Crippen LogP contribution is -2.47. The largest absolute Gasteiger partial charge is 0.337 e. The van der Waals surface area contributed by atoms with Gasteiger partial charge in [-0.3, -0.25) is 9.59 Å².